The van der Waals surface area contributed by atoms with E-state index in [0.717, 1.165) is 35.4 Å². The predicted octanol–water partition coefficient (Wildman–Crippen LogP) is 4.46. The van der Waals surface area contributed by atoms with Crippen LogP contribution in [0.3, 0.4) is 0 Å². The first-order valence-electron chi connectivity index (χ1n) is 10.0. The maximum atomic E-state index is 12.4. The van der Waals surface area contributed by atoms with Gasteiger partial charge in [-0.2, -0.15) is 0 Å². The molecule has 28 heavy (non-hydrogen) atoms. The van der Waals surface area contributed by atoms with Gasteiger partial charge in [-0.3, -0.25) is 0 Å². The van der Waals surface area contributed by atoms with Crippen LogP contribution in [0.25, 0.3) is 21.7 Å². The lowest BCUT2D eigenvalue weighted by Crippen LogP contribution is -2.34. The number of nitrogens with zero attached hydrogens (tertiary/aromatic N) is 1. The van der Waals surface area contributed by atoms with Crippen LogP contribution in [-0.2, 0) is 0 Å². The summed E-state index contributed by atoms with van der Waals surface area (Å²) in [7, 11) is 1.58. The van der Waals surface area contributed by atoms with Crippen molar-refractivity contribution in [1.29, 1.82) is 0 Å². The second-order valence-corrected chi connectivity index (χ2v) is 7.69. The SMILES string of the molecule is COc1ccc2c(c1)c(=O)oc1cc(OCCCN3CCC(C)CC3)ccc12. The van der Waals surface area contributed by atoms with Crippen molar-refractivity contribution in [1.82, 2.24) is 4.90 Å². The largest absolute Gasteiger partial charge is 0.497 e. The van der Waals surface area contributed by atoms with Crippen LogP contribution >= 0.6 is 0 Å². The minimum Gasteiger partial charge on any atom is -0.497 e. The maximum Gasteiger partial charge on any atom is 0.344 e. The third-order valence-electron chi connectivity index (χ3n) is 5.66. The molecular weight excluding hydrogens is 354 g/mol. The number of hydrogen-bond acceptors (Lipinski definition) is 5. The van der Waals surface area contributed by atoms with Crippen molar-refractivity contribution in [2.75, 3.05) is 33.4 Å². The molecule has 0 bridgehead atoms. The third kappa shape index (κ3) is 3.99. The monoisotopic (exact) mass is 381 g/mol. The van der Waals surface area contributed by atoms with Gasteiger partial charge in [-0.1, -0.05) is 6.92 Å². The summed E-state index contributed by atoms with van der Waals surface area (Å²) < 4.78 is 16.6. The lowest BCUT2D eigenvalue weighted by Gasteiger charge is -2.30. The topological polar surface area (TPSA) is 51.9 Å². The number of methoxy groups -OCH3 is 1. The van der Waals surface area contributed by atoms with Crippen LogP contribution in [-0.4, -0.2) is 38.3 Å². The van der Waals surface area contributed by atoms with Gasteiger partial charge in [0.05, 0.1) is 19.1 Å². The van der Waals surface area contributed by atoms with Crippen molar-refractivity contribution in [3.05, 3.63) is 46.8 Å². The van der Waals surface area contributed by atoms with Gasteiger partial charge < -0.3 is 18.8 Å². The molecule has 0 spiro atoms. The molecule has 1 fully saturated rings. The lowest BCUT2D eigenvalue weighted by molar-refractivity contribution is 0.177. The number of likely N-dealkylation sites (tertiary alicyclic amines) is 1. The Balaban J connectivity index is 1.44. The van der Waals surface area contributed by atoms with Gasteiger partial charge in [0.1, 0.15) is 17.1 Å². The second-order valence-electron chi connectivity index (χ2n) is 7.69. The Bertz CT molecular complexity index is 1020. The van der Waals surface area contributed by atoms with Gasteiger partial charge in [-0.15, -0.1) is 0 Å². The number of hydrogen-bond donors (Lipinski definition) is 0. The van der Waals surface area contributed by atoms with Gasteiger partial charge >= 0.3 is 5.63 Å². The highest BCUT2D eigenvalue weighted by Crippen LogP contribution is 2.28. The Morgan fingerprint density at radius 2 is 1.79 bits per heavy atom. The van der Waals surface area contributed by atoms with Crippen molar-refractivity contribution >= 4 is 21.7 Å². The summed E-state index contributed by atoms with van der Waals surface area (Å²) in [4.78, 5) is 14.9. The van der Waals surface area contributed by atoms with Crippen LogP contribution in [0.2, 0.25) is 0 Å². The molecule has 1 aliphatic heterocycles. The van der Waals surface area contributed by atoms with Crippen LogP contribution in [0.4, 0.5) is 0 Å². The molecule has 148 valence electrons. The van der Waals surface area contributed by atoms with Gasteiger partial charge in [0.2, 0.25) is 0 Å². The van der Waals surface area contributed by atoms with E-state index in [-0.39, 0.29) is 5.63 Å². The molecule has 1 saturated heterocycles. The molecule has 4 rings (SSSR count). The summed E-state index contributed by atoms with van der Waals surface area (Å²) >= 11 is 0. The van der Waals surface area contributed by atoms with Gasteiger partial charge in [0.15, 0.2) is 0 Å². The Labute approximate surface area is 164 Å². The highest BCUT2D eigenvalue weighted by atomic mass is 16.5. The lowest BCUT2D eigenvalue weighted by atomic mass is 9.99. The third-order valence-corrected chi connectivity index (χ3v) is 5.66. The van der Waals surface area contributed by atoms with Gasteiger partial charge in [0.25, 0.3) is 0 Å². The first kappa shape index (κ1) is 18.8. The van der Waals surface area contributed by atoms with Crippen LogP contribution < -0.4 is 15.1 Å². The van der Waals surface area contributed by atoms with E-state index < -0.39 is 0 Å². The zero-order valence-electron chi connectivity index (χ0n) is 16.6. The van der Waals surface area contributed by atoms with E-state index in [4.69, 9.17) is 13.9 Å². The normalized spacial score (nSPS) is 15.9. The molecule has 0 unspecified atom stereocenters. The van der Waals surface area contributed by atoms with Gasteiger partial charge in [-0.05, 0) is 68.6 Å². The average molecular weight is 381 g/mol. The van der Waals surface area contributed by atoms with Crippen LogP contribution in [0.1, 0.15) is 26.2 Å². The Morgan fingerprint density at radius 3 is 2.57 bits per heavy atom. The van der Waals surface area contributed by atoms with E-state index in [0.29, 0.717) is 23.3 Å². The smallest absolute Gasteiger partial charge is 0.344 e. The minimum atomic E-state index is -0.363. The molecule has 2 heterocycles. The van der Waals surface area contributed by atoms with Crippen LogP contribution in [0.5, 0.6) is 11.5 Å². The first-order valence-corrected chi connectivity index (χ1v) is 10.0. The van der Waals surface area contributed by atoms with Crippen molar-refractivity contribution in [3.8, 4) is 11.5 Å². The Hall–Kier alpha value is -2.53. The molecule has 0 saturated carbocycles. The fraction of sp³-hybridized carbons (Fsp3) is 0.435. The molecule has 0 amide bonds. The Kier molecular flexibility index (Phi) is 5.53. The van der Waals surface area contributed by atoms with E-state index in [1.807, 2.05) is 30.3 Å². The highest BCUT2D eigenvalue weighted by molar-refractivity contribution is 6.04. The van der Waals surface area contributed by atoms with E-state index in [9.17, 15) is 4.79 Å². The average Bonchev–Trinajstić information content (AvgIpc) is 2.72. The molecule has 5 nitrogen and oxygen atoms in total. The molecule has 0 atom stereocenters. The fourth-order valence-electron chi connectivity index (χ4n) is 3.87. The molecule has 0 radical (unpaired) electrons. The predicted molar refractivity (Wildman–Crippen MR) is 111 cm³/mol. The summed E-state index contributed by atoms with van der Waals surface area (Å²) in [6, 6.07) is 11.2. The van der Waals surface area contributed by atoms with E-state index in [1.165, 1.54) is 25.9 Å². The zero-order valence-corrected chi connectivity index (χ0v) is 16.6. The summed E-state index contributed by atoms with van der Waals surface area (Å²) in [5.74, 6) is 2.23. The van der Waals surface area contributed by atoms with E-state index in [2.05, 4.69) is 11.8 Å². The molecule has 2 aromatic carbocycles. The summed E-state index contributed by atoms with van der Waals surface area (Å²) in [6.07, 6.45) is 3.59. The van der Waals surface area contributed by atoms with Crippen LogP contribution in [0.15, 0.2) is 45.6 Å². The van der Waals surface area contributed by atoms with Crippen LogP contribution in [0, 0.1) is 5.92 Å². The molecule has 3 aromatic rings. The second kappa shape index (κ2) is 8.23. The minimum absolute atomic E-state index is 0.363. The van der Waals surface area contributed by atoms with Crippen molar-refractivity contribution < 1.29 is 13.9 Å². The van der Waals surface area contributed by atoms with E-state index in [1.54, 1.807) is 13.2 Å². The summed E-state index contributed by atoms with van der Waals surface area (Å²) in [5, 5.41) is 2.28. The molecule has 0 N–H and O–H groups in total. The molecular formula is C23H27NO4. The molecule has 5 heteroatoms. The van der Waals surface area contributed by atoms with Crippen molar-refractivity contribution in [2.45, 2.75) is 26.2 Å². The van der Waals surface area contributed by atoms with Crippen molar-refractivity contribution in [3.63, 3.8) is 0 Å². The van der Waals surface area contributed by atoms with Gasteiger partial charge in [-0.25, -0.2) is 4.79 Å². The summed E-state index contributed by atoms with van der Waals surface area (Å²) in [6.45, 7) is 6.45. The number of fused-ring (bicyclic) bond motifs is 3. The molecule has 0 aliphatic carbocycles. The summed E-state index contributed by atoms with van der Waals surface area (Å²) in [5.41, 5.74) is 0.183. The number of benzene rings is 2. The molecule has 1 aromatic heterocycles. The fourth-order valence-corrected chi connectivity index (χ4v) is 3.87. The molecule has 1 aliphatic rings. The van der Waals surface area contributed by atoms with Crippen molar-refractivity contribution in [2.24, 2.45) is 5.92 Å². The number of ether oxygens (including phenoxy) is 2. The number of piperidine rings is 1. The number of rotatable bonds is 6. The standard InChI is InChI=1S/C23H27NO4/c1-16-8-11-24(12-9-16)10-3-13-27-18-5-7-20-19-6-4-17(26-2)14-21(19)23(25)28-22(20)15-18/h4-7,14-16H,3,8-13H2,1-2H3. The first-order chi connectivity index (χ1) is 13.6. The zero-order chi connectivity index (χ0) is 19.5. The highest BCUT2D eigenvalue weighted by Gasteiger charge is 2.15. The van der Waals surface area contributed by atoms with E-state index >= 15 is 0 Å². The maximum absolute atomic E-state index is 12.4. The Morgan fingerprint density at radius 1 is 1.04 bits per heavy atom. The van der Waals surface area contributed by atoms with Gasteiger partial charge in [0, 0.05) is 23.4 Å². The quantitative estimate of drug-likeness (QED) is 0.359.